The number of carbonyl (C=O) groups is 1. The summed E-state index contributed by atoms with van der Waals surface area (Å²) in [6.07, 6.45) is 4.61. The molecule has 1 amide bonds. The topological polar surface area (TPSA) is 56.1 Å². The number of hydrogen-bond acceptors (Lipinski definition) is 3. The Morgan fingerprint density at radius 3 is 2.83 bits per heavy atom. The van der Waals surface area contributed by atoms with Crippen LogP contribution >= 0.6 is 0 Å². The Labute approximate surface area is 140 Å². The fraction of sp³-hybridized carbons (Fsp3) is 0.158. The average Bonchev–Trinajstić information content (AvgIpc) is 3.15. The van der Waals surface area contributed by atoms with E-state index < -0.39 is 0 Å². The second-order valence-corrected chi connectivity index (χ2v) is 5.36. The molecule has 0 saturated carbocycles. The summed E-state index contributed by atoms with van der Waals surface area (Å²) in [5, 5.41) is 7.12. The largest absolute Gasteiger partial charge is 0.496 e. The van der Waals surface area contributed by atoms with Crippen LogP contribution in [0, 0.1) is 0 Å². The number of amides is 1. The number of methoxy groups -OCH3 is 1. The van der Waals surface area contributed by atoms with Gasteiger partial charge < -0.3 is 10.1 Å². The van der Waals surface area contributed by atoms with Crippen LogP contribution in [0.5, 0.6) is 5.75 Å². The highest BCUT2D eigenvalue weighted by Crippen LogP contribution is 2.19. The first kappa shape index (κ1) is 15.8. The molecule has 122 valence electrons. The lowest BCUT2D eigenvalue weighted by Gasteiger charge is -2.09. The molecule has 0 aliphatic heterocycles. The van der Waals surface area contributed by atoms with Crippen LogP contribution in [-0.4, -0.2) is 22.8 Å². The van der Waals surface area contributed by atoms with Crippen molar-refractivity contribution in [1.82, 2.24) is 9.78 Å². The van der Waals surface area contributed by atoms with Gasteiger partial charge in [0, 0.05) is 24.5 Å². The lowest BCUT2D eigenvalue weighted by Crippen LogP contribution is -2.12. The molecule has 5 nitrogen and oxygen atoms in total. The molecule has 0 radical (unpaired) electrons. The van der Waals surface area contributed by atoms with E-state index in [9.17, 15) is 4.79 Å². The van der Waals surface area contributed by atoms with Gasteiger partial charge in [-0.2, -0.15) is 5.10 Å². The molecule has 3 rings (SSSR count). The molecule has 0 fully saturated rings. The maximum Gasteiger partial charge on any atom is 0.224 e. The maximum absolute atomic E-state index is 12.2. The molecule has 1 N–H and O–H groups in total. The molecule has 0 aliphatic rings. The number of ether oxygens (including phenoxy) is 1. The minimum Gasteiger partial charge on any atom is -0.496 e. The lowest BCUT2D eigenvalue weighted by molar-refractivity contribution is -0.116. The van der Waals surface area contributed by atoms with Crippen molar-refractivity contribution in [3.63, 3.8) is 0 Å². The average molecular weight is 321 g/mol. The molecule has 0 atom stereocenters. The summed E-state index contributed by atoms with van der Waals surface area (Å²) >= 11 is 0. The van der Waals surface area contributed by atoms with Crippen LogP contribution in [0.1, 0.15) is 12.0 Å². The first-order valence-electron chi connectivity index (χ1n) is 7.78. The molecular weight excluding hydrogens is 302 g/mol. The second-order valence-electron chi connectivity index (χ2n) is 5.36. The molecule has 0 aliphatic carbocycles. The van der Waals surface area contributed by atoms with E-state index in [-0.39, 0.29) is 5.91 Å². The van der Waals surface area contributed by atoms with Crippen LogP contribution in [0.3, 0.4) is 0 Å². The van der Waals surface area contributed by atoms with E-state index in [2.05, 4.69) is 10.4 Å². The van der Waals surface area contributed by atoms with Crippen LogP contribution in [0.25, 0.3) is 5.69 Å². The smallest absolute Gasteiger partial charge is 0.224 e. The minimum absolute atomic E-state index is 0.0291. The monoisotopic (exact) mass is 321 g/mol. The van der Waals surface area contributed by atoms with Gasteiger partial charge in [-0.3, -0.25) is 4.79 Å². The summed E-state index contributed by atoms with van der Waals surface area (Å²) in [5.41, 5.74) is 2.69. The zero-order valence-corrected chi connectivity index (χ0v) is 13.5. The number of nitrogens with one attached hydrogen (secondary N) is 1. The molecule has 0 bridgehead atoms. The highest BCUT2D eigenvalue weighted by atomic mass is 16.5. The van der Waals surface area contributed by atoms with Crippen LogP contribution in [0.4, 0.5) is 5.69 Å². The number of nitrogens with zero attached hydrogens (tertiary/aromatic N) is 2. The molecule has 0 saturated heterocycles. The van der Waals surface area contributed by atoms with Gasteiger partial charge in [0.05, 0.1) is 12.8 Å². The highest BCUT2D eigenvalue weighted by Gasteiger charge is 2.07. The van der Waals surface area contributed by atoms with Crippen molar-refractivity contribution in [2.45, 2.75) is 12.8 Å². The number of carbonyl (C=O) groups excluding carboxylic acids is 1. The standard InChI is InChI=1S/C19H19N3O2/c1-24-18-9-3-2-6-15(18)10-11-19(23)21-16-7-4-8-17(14-16)22-13-5-12-20-22/h2-9,12-14H,10-11H2,1H3,(H,21,23). The highest BCUT2D eigenvalue weighted by molar-refractivity contribution is 5.91. The molecule has 0 unspecified atom stereocenters. The van der Waals surface area contributed by atoms with Crippen molar-refractivity contribution in [1.29, 1.82) is 0 Å². The van der Waals surface area contributed by atoms with Gasteiger partial charge in [-0.1, -0.05) is 24.3 Å². The van der Waals surface area contributed by atoms with Crippen LogP contribution in [0.15, 0.2) is 67.0 Å². The summed E-state index contributed by atoms with van der Waals surface area (Å²) in [6, 6.07) is 17.2. The number of aryl methyl sites for hydroxylation is 1. The number of benzene rings is 2. The number of para-hydroxylation sites is 1. The quantitative estimate of drug-likeness (QED) is 0.756. The van der Waals surface area contributed by atoms with E-state index in [1.807, 2.05) is 60.8 Å². The van der Waals surface area contributed by atoms with E-state index in [0.717, 1.165) is 22.7 Å². The zero-order valence-electron chi connectivity index (χ0n) is 13.5. The van der Waals surface area contributed by atoms with Gasteiger partial charge in [0.15, 0.2) is 0 Å². The molecule has 3 aromatic rings. The summed E-state index contributed by atoms with van der Waals surface area (Å²) in [5.74, 6) is 0.782. The van der Waals surface area contributed by atoms with Gasteiger partial charge in [-0.05, 0) is 42.3 Å². The number of aromatic nitrogens is 2. The van der Waals surface area contributed by atoms with Crippen LogP contribution in [0.2, 0.25) is 0 Å². The van der Waals surface area contributed by atoms with Gasteiger partial charge in [0.25, 0.3) is 0 Å². The predicted octanol–water partition coefficient (Wildman–Crippen LogP) is 3.45. The Balaban J connectivity index is 1.62. The van der Waals surface area contributed by atoms with Gasteiger partial charge in [0.1, 0.15) is 5.75 Å². The van der Waals surface area contributed by atoms with Crippen molar-refractivity contribution < 1.29 is 9.53 Å². The molecule has 0 spiro atoms. The zero-order chi connectivity index (χ0) is 16.8. The maximum atomic E-state index is 12.2. The minimum atomic E-state index is -0.0291. The van der Waals surface area contributed by atoms with Crippen molar-refractivity contribution in [3.05, 3.63) is 72.6 Å². The fourth-order valence-electron chi connectivity index (χ4n) is 2.53. The van der Waals surface area contributed by atoms with Crippen molar-refractivity contribution in [2.75, 3.05) is 12.4 Å². The van der Waals surface area contributed by atoms with E-state index in [1.165, 1.54) is 0 Å². The third kappa shape index (κ3) is 3.81. The van der Waals surface area contributed by atoms with Crippen LogP contribution in [-0.2, 0) is 11.2 Å². The summed E-state index contributed by atoms with van der Waals surface area (Å²) in [6.45, 7) is 0. The van der Waals surface area contributed by atoms with Crippen molar-refractivity contribution in [3.8, 4) is 11.4 Å². The molecule has 1 aromatic heterocycles. The van der Waals surface area contributed by atoms with Gasteiger partial charge in [0.2, 0.25) is 5.91 Å². The predicted molar refractivity (Wildman–Crippen MR) is 93.5 cm³/mol. The third-order valence-corrected chi connectivity index (χ3v) is 3.71. The molecule has 5 heteroatoms. The van der Waals surface area contributed by atoms with Gasteiger partial charge in [-0.25, -0.2) is 4.68 Å². The normalized spacial score (nSPS) is 10.4. The Morgan fingerprint density at radius 1 is 1.17 bits per heavy atom. The number of anilines is 1. The number of hydrogen-bond donors (Lipinski definition) is 1. The first-order chi connectivity index (χ1) is 11.8. The number of rotatable bonds is 6. The second kappa shape index (κ2) is 7.46. The Kier molecular flexibility index (Phi) is 4.91. The SMILES string of the molecule is COc1ccccc1CCC(=O)Nc1cccc(-n2cccn2)c1. The van der Waals surface area contributed by atoms with Crippen molar-refractivity contribution >= 4 is 11.6 Å². The molecule has 24 heavy (non-hydrogen) atoms. The summed E-state index contributed by atoms with van der Waals surface area (Å²) < 4.78 is 7.07. The van der Waals surface area contributed by atoms with E-state index in [0.29, 0.717) is 12.8 Å². The molecule has 1 heterocycles. The Bertz CT molecular complexity index is 813. The summed E-state index contributed by atoms with van der Waals surface area (Å²) in [4.78, 5) is 12.2. The molecule has 2 aromatic carbocycles. The van der Waals surface area contributed by atoms with Gasteiger partial charge >= 0.3 is 0 Å². The fourth-order valence-corrected chi connectivity index (χ4v) is 2.53. The van der Waals surface area contributed by atoms with E-state index >= 15 is 0 Å². The third-order valence-electron chi connectivity index (χ3n) is 3.71. The molecular formula is C19H19N3O2. The Morgan fingerprint density at radius 2 is 2.04 bits per heavy atom. The van der Waals surface area contributed by atoms with E-state index in [4.69, 9.17) is 4.74 Å². The van der Waals surface area contributed by atoms with Gasteiger partial charge in [-0.15, -0.1) is 0 Å². The van der Waals surface area contributed by atoms with E-state index in [1.54, 1.807) is 18.0 Å². The van der Waals surface area contributed by atoms with Crippen molar-refractivity contribution in [2.24, 2.45) is 0 Å². The summed E-state index contributed by atoms with van der Waals surface area (Å²) in [7, 11) is 1.64. The lowest BCUT2D eigenvalue weighted by atomic mass is 10.1. The Hall–Kier alpha value is -3.08. The van der Waals surface area contributed by atoms with Crippen LogP contribution < -0.4 is 10.1 Å². The first-order valence-corrected chi connectivity index (χ1v) is 7.78.